The van der Waals surface area contributed by atoms with Gasteiger partial charge in [-0.3, -0.25) is 9.48 Å². The van der Waals surface area contributed by atoms with Crippen molar-refractivity contribution in [2.24, 2.45) is 11.8 Å². The first-order valence-electron chi connectivity index (χ1n) is 10.1. The summed E-state index contributed by atoms with van der Waals surface area (Å²) in [5, 5.41) is 7.40. The molecule has 0 atom stereocenters. The van der Waals surface area contributed by atoms with E-state index in [9.17, 15) is 13.6 Å². The Bertz CT molecular complexity index is 899. The molecule has 0 aliphatic heterocycles. The molecule has 1 heterocycles. The molecule has 1 aliphatic carbocycles. The van der Waals surface area contributed by atoms with Gasteiger partial charge in [-0.25, -0.2) is 0 Å². The molecule has 1 N–H and O–H groups in total. The van der Waals surface area contributed by atoms with Crippen molar-refractivity contribution in [1.82, 2.24) is 15.1 Å². The Hall–Kier alpha value is -1.67. The van der Waals surface area contributed by atoms with E-state index in [1.54, 1.807) is 12.1 Å². The van der Waals surface area contributed by atoms with Crippen LogP contribution in [0.4, 0.5) is 8.78 Å². The van der Waals surface area contributed by atoms with Crippen LogP contribution in [0.1, 0.15) is 50.0 Å². The van der Waals surface area contributed by atoms with E-state index in [2.05, 4.69) is 38.0 Å². The first-order valence-corrected chi connectivity index (χ1v) is 11.3. The summed E-state index contributed by atoms with van der Waals surface area (Å²) in [7, 11) is 0. The molecule has 164 valence electrons. The maximum atomic E-state index is 12.9. The van der Waals surface area contributed by atoms with Gasteiger partial charge in [-0.15, -0.1) is 0 Å². The van der Waals surface area contributed by atoms with E-state index in [-0.39, 0.29) is 22.4 Å². The second-order valence-corrected chi connectivity index (χ2v) is 8.98. The second kappa shape index (κ2) is 10.1. The lowest BCUT2D eigenvalue weighted by molar-refractivity contribution is -0.0495. The van der Waals surface area contributed by atoms with Crippen LogP contribution < -0.4 is 10.1 Å². The van der Waals surface area contributed by atoms with E-state index in [4.69, 9.17) is 11.6 Å². The molecule has 0 spiro atoms. The van der Waals surface area contributed by atoms with Crippen molar-refractivity contribution < 1.29 is 18.3 Å². The topological polar surface area (TPSA) is 56.2 Å². The number of carbonyl (C=O) groups is 1. The number of alkyl halides is 2. The number of rotatable bonds is 7. The standard InChI is InChI=1S/C21H25BrClF2N3O2/c1-3-28-19(15-9-8-14(22)10-16(15)30-21(24)25)17(23)18(27-28)20(29)26-11-13-6-4-12(2)5-7-13/h8-10,12-13,21H,3-7,11H2,1-2H3,(H,26,29). The summed E-state index contributed by atoms with van der Waals surface area (Å²) in [6.45, 7) is 2.09. The van der Waals surface area contributed by atoms with Crippen molar-refractivity contribution in [3.8, 4) is 17.0 Å². The van der Waals surface area contributed by atoms with Gasteiger partial charge in [-0.05, 0) is 49.8 Å². The molecule has 0 unspecified atom stereocenters. The molecule has 3 rings (SSSR count). The number of aryl methyl sites for hydroxylation is 1. The SMILES string of the molecule is CCn1nc(C(=O)NCC2CCC(C)CC2)c(Cl)c1-c1ccc(Br)cc1OC(F)F. The van der Waals surface area contributed by atoms with Gasteiger partial charge in [-0.1, -0.05) is 47.3 Å². The van der Waals surface area contributed by atoms with Crippen LogP contribution in [0.15, 0.2) is 22.7 Å². The summed E-state index contributed by atoms with van der Waals surface area (Å²) in [5.74, 6) is 0.790. The normalized spacial score (nSPS) is 19.2. The number of hydrogen-bond acceptors (Lipinski definition) is 3. The molecule has 0 saturated heterocycles. The number of nitrogens with zero attached hydrogens (tertiary/aromatic N) is 2. The number of halogens is 4. The molecule has 0 bridgehead atoms. The molecule has 9 heteroatoms. The van der Waals surface area contributed by atoms with Crippen LogP contribution in [0.2, 0.25) is 5.02 Å². The largest absolute Gasteiger partial charge is 0.434 e. The maximum absolute atomic E-state index is 12.9. The molecule has 1 aliphatic rings. The predicted octanol–water partition coefficient (Wildman–Crippen LogP) is 6.14. The monoisotopic (exact) mass is 503 g/mol. The van der Waals surface area contributed by atoms with Crippen LogP contribution >= 0.6 is 27.5 Å². The zero-order chi connectivity index (χ0) is 21.8. The number of aromatic nitrogens is 2. The van der Waals surface area contributed by atoms with Crippen LogP contribution in [-0.2, 0) is 6.54 Å². The Morgan fingerprint density at radius 3 is 2.70 bits per heavy atom. The first-order chi connectivity index (χ1) is 14.3. The second-order valence-electron chi connectivity index (χ2n) is 7.68. The van der Waals surface area contributed by atoms with Crippen molar-refractivity contribution in [3.05, 3.63) is 33.4 Å². The van der Waals surface area contributed by atoms with Crippen molar-refractivity contribution >= 4 is 33.4 Å². The lowest BCUT2D eigenvalue weighted by Crippen LogP contribution is -2.31. The van der Waals surface area contributed by atoms with Gasteiger partial charge in [0.05, 0.1) is 10.7 Å². The van der Waals surface area contributed by atoms with E-state index >= 15 is 0 Å². The zero-order valence-corrected chi connectivity index (χ0v) is 19.3. The summed E-state index contributed by atoms with van der Waals surface area (Å²) >= 11 is 9.79. The zero-order valence-electron chi connectivity index (χ0n) is 16.9. The molecular weight excluding hydrogens is 480 g/mol. The molecule has 1 aromatic heterocycles. The third-order valence-corrected chi connectivity index (χ3v) is 6.36. The lowest BCUT2D eigenvalue weighted by atomic mass is 9.83. The number of carbonyl (C=O) groups excluding carboxylic acids is 1. The first kappa shape index (κ1) is 23.0. The maximum Gasteiger partial charge on any atom is 0.387 e. The quantitative estimate of drug-likeness (QED) is 0.492. The van der Waals surface area contributed by atoms with Crippen molar-refractivity contribution in [1.29, 1.82) is 0 Å². The number of ether oxygens (including phenoxy) is 1. The number of nitrogens with one attached hydrogen (secondary N) is 1. The highest BCUT2D eigenvalue weighted by Crippen LogP contribution is 2.39. The Morgan fingerprint density at radius 1 is 1.37 bits per heavy atom. The highest BCUT2D eigenvalue weighted by molar-refractivity contribution is 9.10. The Balaban J connectivity index is 1.85. The molecule has 1 amide bonds. The third-order valence-electron chi connectivity index (χ3n) is 5.51. The van der Waals surface area contributed by atoms with Gasteiger partial charge in [0.25, 0.3) is 5.91 Å². The highest BCUT2D eigenvalue weighted by atomic mass is 79.9. The van der Waals surface area contributed by atoms with Crippen LogP contribution in [0, 0.1) is 11.8 Å². The van der Waals surface area contributed by atoms with Gasteiger partial charge in [0.15, 0.2) is 5.69 Å². The van der Waals surface area contributed by atoms with Gasteiger partial charge in [0.1, 0.15) is 5.75 Å². The highest BCUT2D eigenvalue weighted by Gasteiger charge is 2.26. The minimum atomic E-state index is -2.99. The fourth-order valence-corrected chi connectivity index (χ4v) is 4.47. The van der Waals surface area contributed by atoms with Gasteiger partial charge in [0.2, 0.25) is 0 Å². The molecule has 1 fully saturated rings. The van der Waals surface area contributed by atoms with Crippen LogP contribution in [0.5, 0.6) is 5.75 Å². The summed E-state index contributed by atoms with van der Waals surface area (Å²) in [4.78, 5) is 12.8. The van der Waals surface area contributed by atoms with Crippen molar-refractivity contribution in [2.75, 3.05) is 6.54 Å². The van der Waals surface area contributed by atoms with Crippen molar-refractivity contribution in [2.45, 2.75) is 52.7 Å². The fraction of sp³-hybridized carbons (Fsp3) is 0.524. The Morgan fingerprint density at radius 2 is 2.07 bits per heavy atom. The van der Waals surface area contributed by atoms with Gasteiger partial charge >= 0.3 is 6.61 Å². The van der Waals surface area contributed by atoms with Gasteiger partial charge < -0.3 is 10.1 Å². The van der Waals surface area contributed by atoms with E-state index < -0.39 is 6.61 Å². The third kappa shape index (κ3) is 5.32. The Labute approximate surface area is 188 Å². The smallest absolute Gasteiger partial charge is 0.387 e. The molecule has 5 nitrogen and oxygen atoms in total. The summed E-state index contributed by atoms with van der Waals surface area (Å²) in [6, 6.07) is 4.75. The van der Waals surface area contributed by atoms with Crippen molar-refractivity contribution in [3.63, 3.8) is 0 Å². The van der Waals surface area contributed by atoms with E-state index in [1.165, 1.54) is 23.6 Å². The minimum absolute atomic E-state index is 0.0424. The molecule has 30 heavy (non-hydrogen) atoms. The van der Waals surface area contributed by atoms with Crippen LogP contribution in [0.25, 0.3) is 11.3 Å². The summed E-state index contributed by atoms with van der Waals surface area (Å²) in [5.41, 5.74) is 0.806. The van der Waals surface area contributed by atoms with Gasteiger partial charge in [0, 0.05) is 23.1 Å². The summed E-state index contributed by atoms with van der Waals surface area (Å²) < 4.78 is 32.6. The average Bonchev–Trinajstić information content (AvgIpc) is 3.03. The molecule has 1 aromatic carbocycles. The van der Waals surface area contributed by atoms with Gasteiger partial charge in [-0.2, -0.15) is 13.9 Å². The predicted molar refractivity (Wildman–Crippen MR) is 116 cm³/mol. The van der Waals surface area contributed by atoms with E-state index in [0.29, 0.717) is 34.7 Å². The molecular formula is C21H25BrClF2N3O2. The molecule has 2 aromatic rings. The fourth-order valence-electron chi connectivity index (χ4n) is 3.81. The van der Waals surface area contributed by atoms with E-state index in [1.807, 2.05) is 6.92 Å². The van der Waals surface area contributed by atoms with E-state index in [0.717, 1.165) is 18.8 Å². The molecule has 1 saturated carbocycles. The average molecular weight is 505 g/mol. The van der Waals surface area contributed by atoms with Crippen LogP contribution in [0.3, 0.4) is 0 Å². The number of benzene rings is 1. The number of hydrogen-bond donors (Lipinski definition) is 1. The lowest BCUT2D eigenvalue weighted by Gasteiger charge is -2.26. The summed E-state index contributed by atoms with van der Waals surface area (Å²) in [6.07, 6.45) is 4.53. The minimum Gasteiger partial charge on any atom is -0.434 e. The van der Waals surface area contributed by atoms with Crippen LogP contribution in [-0.4, -0.2) is 28.8 Å². The Kier molecular flexibility index (Phi) is 7.74. The number of amides is 1. The molecule has 0 radical (unpaired) electrons.